The molecule has 0 spiro atoms. The number of β-amino-alcohol motifs (C(OH)–C–C–N with tert-alkyl or cyclic N) is 1. The van der Waals surface area contributed by atoms with Gasteiger partial charge < -0.3 is 9.84 Å². The maximum absolute atomic E-state index is 11.7. The second kappa shape index (κ2) is 7.67. The Hall–Kier alpha value is -1.50. The number of ether oxygens (including phenoxy) is 1. The van der Waals surface area contributed by atoms with Crippen LogP contribution in [0.1, 0.15) is 19.5 Å². The predicted molar refractivity (Wildman–Crippen MR) is 83.2 cm³/mol. The molecule has 6 nitrogen and oxygen atoms in total. The zero-order valence-electron chi connectivity index (χ0n) is 13.4. The van der Waals surface area contributed by atoms with Crippen LogP contribution in [0.25, 0.3) is 0 Å². The van der Waals surface area contributed by atoms with Gasteiger partial charge in [-0.15, -0.1) is 0 Å². The first-order valence-electron chi connectivity index (χ1n) is 7.75. The molecule has 0 bridgehead atoms. The summed E-state index contributed by atoms with van der Waals surface area (Å²) in [6.45, 7) is 8.13. The lowest BCUT2D eigenvalue weighted by molar-refractivity contribution is -0.165. The van der Waals surface area contributed by atoms with E-state index in [9.17, 15) is 9.90 Å². The van der Waals surface area contributed by atoms with Gasteiger partial charge in [0.15, 0.2) is 5.60 Å². The van der Waals surface area contributed by atoms with Crippen LogP contribution in [-0.2, 0) is 16.1 Å². The molecule has 0 amide bonds. The molecule has 0 aliphatic carbocycles. The Balaban J connectivity index is 1.78. The lowest BCUT2D eigenvalue weighted by Crippen LogP contribution is -2.53. The predicted octanol–water partition coefficient (Wildman–Crippen LogP) is 0.513. The van der Waals surface area contributed by atoms with Crippen molar-refractivity contribution in [2.24, 2.45) is 0 Å². The lowest BCUT2D eigenvalue weighted by Gasteiger charge is -2.37. The van der Waals surface area contributed by atoms with Crippen LogP contribution < -0.4 is 0 Å². The molecule has 0 radical (unpaired) electrons. The molecular formula is C16H25N3O3. The Bertz CT molecular complexity index is 471. The Kier molecular flexibility index (Phi) is 5.88. The van der Waals surface area contributed by atoms with Crippen molar-refractivity contribution in [3.8, 4) is 0 Å². The molecule has 1 aliphatic heterocycles. The van der Waals surface area contributed by atoms with Crippen LogP contribution in [-0.4, -0.2) is 70.8 Å². The monoisotopic (exact) mass is 307 g/mol. The second-order valence-electron chi connectivity index (χ2n) is 5.87. The molecule has 1 saturated heterocycles. The second-order valence-corrected chi connectivity index (χ2v) is 5.87. The van der Waals surface area contributed by atoms with Gasteiger partial charge in [-0.3, -0.25) is 14.8 Å². The van der Waals surface area contributed by atoms with Crippen LogP contribution in [0, 0.1) is 0 Å². The molecule has 2 rings (SSSR count). The topological polar surface area (TPSA) is 65.9 Å². The van der Waals surface area contributed by atoms with Crippen molar-refractivity contribution >= 4 is 5.97 Å². The number of aliphatic hydroxyl groups is 1. The van der Waals surface area contributed by atoms with E-state index in [-0.39, 0.29) is 6.61 Å². The highest BCUT2D eigenvalue weighted by atomic mass is 16.5. The largest absolute Gasteiger partial charge is 0.464 e. The van der Waals surface area contributed by atoms with Gasteiger partial charge in [-0.25, -0.2) is 4.79 Å². The van der Waals surface area contributed by atoms with E-state index in [2.05, 4.69) is 14.8 Å². The summed E-state index contributed by atoms with van der Waals surface area (Å²) in [6.07, 6.45) is 1.81. The van der Waals surface area contributed by atoms with Crippen molar-refractivity contribution in [2.75, 3.05) is 39.3 Å². The number of rotatable bonds is 6. The van der Waals surface area contributed by atoms with E-state index in [1.54, 1.807) is 6.92 Å². The van der Waals surface area contributed by atoms with Crippen LogP contribution >= 0.6 is 0 Å². The van der Waals surface area contributed by atoms with Crippen molar-refractivity contribution in [3.05, 3.63) is 30.1 Å². The number of nitrogens with zero attached hydrogens (tertiary/aromatic N) is 3. The molecule has 6 heteroatoms. The molecule has 0 aromatic carbocycles. The lowest BCUT2D eigenvalue weighted by atomic mass is 10.1. The average molecular weight is 307 g/mol. The minimum atomic E-state index is -1.45. The van der Waals surface area contributed by atoms with Crippen LogP contribution in [0.2, 0.25) is 0 Å². The molecule has 22 heavy (non-hydrogen) atoms. The fourth-order valence-electron chi connectivity index (χ4n) is 2.61. The minimum absolute atomic E-state index is 0.285. The molecule has 2 heterocycles. The number of hydrogen-bond acceptors (Lipinski definition) is 6. The minimum Gasteiger partial charge on any atom is -0.464 e. The zero-order valence-corrected chi connectivity index (χ0v) is 13.4. The summed E-state index contributed by atoms with van der Waals surface area (Å²) in [6, 6.07) is 5.94. The van der Waals surface area contributed by atoms with E-state index in [0.717, 1.165) is 38.4 Å². The summed E-state index contributed by atoms with van der Waals surface area (Å²) in [5.74, 6) is -0.550. The molecule has 1 aromatic heterocycles. The molecule has 1 aromatic rings. The van der Waals surface area contributed by atoms with E-state index < -0.39 is 11.6 Å². The molecule has 1 aliphatic rings. The maximum Gasteiger partial charge on any atom is 0.339 e. The van der Waals surface area contributed by atoms with E-state index >= 15 is 0 Å². The van der Waals surface area contributed by atoms with Gasteiger partial charge in [-0.1, -0.05) is 6.07 Å². The van der Waals surface area contributed by atoms with Gasteiger partial charge in [-0.2, -0.15) is 0 Å². The summed E-state index contributed by atoms with van der Waals surface area (Å²) in [7, 11) is 0. The zero-order chi connectivity index (χ0) is 16.0. The van der Waals surface area contributed by atoms with Gasteiger partial charge >= 0.3 is 5.97 Å². The van der Waals surface area contributed by atoms with Gasteiger partial charge in [0, 0.05) is 45.5 Å². The Labute approximate surface area is 131 Å². The highest BCUT2D eigenvalue weighted by Crippen LogP contribution is 2.13. The average Bonchev–Trinajstić information content (AvgIpc) is 2.50. The van der Waals surface area contributed by atoms with Crippen molar-refractivity contribution in [1.29, 1.82) is 0 Å². The fourth-order valence-corrected chi connectivity index (χ4v) is 2.61. The summed E-state index contributed by atoms with van der Waals surface area (Å²) >= 11 is 0. The molecular weight excluding hydrogens is 282 g/mol. The van der Waals surface area contributed by atoms with E-state index in [4.69, 9.17) is 4.74 Å². The van der Waals surface area contributed by atoms with Gasteiger partial charge in [0.2, 0.25) is 0 Å². The van der Waals surface area contributed by atoms with Crippen LogP contribution in [0.3, 0.4) is 0 Å². The molecule has 1 fully saturated rings. The third-order valence-electron chi connectivity index (χ3n) is 3.82. The fraction of sp³-hybridized carbons (Fsp3) is 0.625. The number of carbonyl (C=O) groups is 1. The first kappa shape index (κ1) is 16.9. The molecule has 0 unspecified atom stereocenters. The van der Waals surface area contributed by atoms with Crippen molar-refractivity contribution in [2.45, 2.75) is 26.0 Å². The van der Waals surface area contributed by atoms with Gasteiger partial charge in [0.25, 0.3) is 0 Å². The third-order valence-corrected chi connectivity index (χ3v) is 3.82. The van der Waals surface area contributed by atoms with Crippen LogP contribution in [0.4, 0.5) is 0 Å². The summed E-state index contributed by atoms with van der Waals surface area (Å²) in [5, 5.41) is 10.2. The van der Waals surface area contributed by atoms with E-state index in [0.29, 0.717) is 6.54 Å². The van der Waals surface area contributed by atoms with Crippen LogP contribution in [0.5, 0.6) is 0 Å². The quantitative estimate of drug-likeness (QED) is 0.773. The van der Waals surface area contributed by atoms with Gasteiger partial charge in [-0.05, 0) is 26.0 Å². The Morgan fingerprint density at radius 1 is 1.32 bits per heavy atom. The first-order chi connectivity index (χ1) is 10.5. The van der Waals surface area contributed by atoms with Crippen LogP contribution in [0.15, 0.2) is 24.4 Å². The number of esters is 1. The molecule has 1 atom stereocenters. The standard InChI is InChI=1S/C16H25N3O3/c1-3-22-15(20)16(2,21)13-19-10-8-18(9-11-19)12-14-6-4-5-7-17-14/h4-7,21H,3,8-13H2,1-2H3/t16-/m1/s1. The summed E-state index contributed by atoms with van der Waals surface area (Å²) < 4.78 is 4.91. The normalized spacial score (nSPS) is 19.6. The third kappa shape index (κ3) is 4.76. The molecule has 0 saturated carbocycles. The van der Waals surface area contributed by atoms with Crippen molar-refractivity contribution in [1.82, 2.24) is 14.8 Å². The SMILES string of the molecule is CCOC(=O)[C@](C)(O)CN1CCN(Cc2ccccn2)CC1. The number of pyridine rings is 1. The maximum atomic E-state index is 11.7. The Morgan fingerprint density at radius 3 is 2.59 bits per heavy atom. The Morgan fingerprint density at radius 2 is 2.00 bits per heavy atom. The highest BCUT2D eigenvalue weighted by molar-refractivity contribution is 5.79. The molecule has 122 valence electrons. The number of piperazine rings is 1. The smallest absolute Gasteiger partial charge is 0.339 e. The first-order valence-corrected chi connectivity index (χ1v) is 7.75. The van der Waals surface area contributed by atoms with E-state index in [1.165, 1.54) is 6.92 Å². The van der Waals surface area contributed by atoms with Gasteiger partial charge in [0.05, 0.1) is 12.3 Å². The highest BCUT2D eigenvalue weighted by Gasteiger charge is 2.35. The number of hydrogen-bond donors (Lipinski definition) is 1. The summed E-state index contributed by atoms with van der Waals surface area (Å²) in [4.78, 5) is 20.5. The number of carbonyl (C=O) groups excluding carboxylic acids is 1. The van der Waals surface area contributed by atoms with Crippen molar-refractivity contribution in [3.63, 3.8) is 0 Å². The van der Waals surface area contributed by atoms with Gasteiger partial charge in [0.1, 0.15) is 0 Å². The van der Waals surface area contributed by atoms with E-state index in [1.807, 2.05) is 24.4 Å². The summed E-state index contributed by atoms with van der Waals surface area (Å²) in [5.41, 5.74) is -0.381. The van der Waals surface area contributed by atoms with Crippen molar-refractivity contribution < 1.29 is 14.6 Å². The number of aromatic nitrogens is 1. The molecule has 1 N–H and O–H groups in total.